The molecule has 0 unspecified atom stereocenters. The fourth-order valence-electron chi connectivity index (χ4n) is 1.86. The van der Waals surface area contributed by atoms with E-state index in [-0.39, 0.29) is 5.54 Å². The van der Waals surface area contributed by atoms with Crippen molar-refractivity contribution < 1.29 is 9.53 Å². The zero-order valence-corrected chi connectivity index (χ0v) is 16.6. The summed E-state index contributed by atoms with van der Waals surface area (Å²) in [5, 5.41) is 9.19. The van der Waals surface area contributed by atoms with Crippen LogP contribution in [-0.2, 0) is 4.74 Å². The largest absolute Gasteiger partial charge is 0.444 e. The number of rotatable bonds is 5. The lowest BCUT2D eigenvalue weighted by Gasteiger charge is -2.29. The van der Waals surface area contributed by atoms with Gasteiger partial charge in [0.05, 0.1) is 17.4 Å². The van der Waals surface area contributed by atoms with E-state index in [0.717, 1.165) is 0 Å². The second kappa shape index (κ2) is 7.33. The summed E-state index contributed by atoms with van der Waals surface area (Å²) in [5.41, 5.74) is 5.11. The standard InChI is InChI=1S/C17H32N6O2/c1-15(2,3)22-13-19-9-11(18)12(21-13)20-10-17(7,8)23-14(24)25-16(4,5)6/h9H,10,18H2,1-8H3,(H,23,24)(H2,19,20,21,22). The normalized spacial score (nSPS) is 12.5. The first kappa shape index (κ1) is 20.8. The molecule has 0 atom stereocenters. The summed E-state index contributed by atoms with van der Waals surface area (Å²) < 4.78 is 5.29. The second-order valence-electron chi connectivity index (χ2n) is 8.74. The molecule has 0 aliphatic rings. The van der Waals surface area contributed by atoms with Gasteiger partial charge in [-0.25, -0.2) is 9.78 Å². The van der Waals surface area contributed by atoms with Crippen LogP contribution in [0.1, 0.15) is 55.4 Å². The Labute approximate surface area is 150 Å². The topological polar surface area (TPSA) is 114 Å². The molecule has 0 radical (unpaired) electrons. The Bertz CT molecular complexity index is 602. The molecule has 1 amide bonds. The molecular weight excluding hydrogens is 320 g/mol. The van der Waals surface area contributed by atoms with E-state index in [4.69, 9.17) is 10.5 Å². The summed E-state index contributed by atoms with van der Waals surface area (Å²) >= 11 is 0. The maximum absolute atomic E-state index is 11.9. The predicted molar refractivity (Wildman–Crippen MR) is 102 cm³/mol. The van der Waals surface area contributed by atoms with E-state index in [2.05, 4.69) is 25.9 Å². The minimum Gasteiger partial charge on any atom is -0.444 e. The van der Waals surface area contributed by atoms with Crippen LogP contribution >= 0.6 is 0 Å². The van der Waals surface area contributed by atoms with Gasteiger partial charge in [-0.15, -0.1) is 0 Å². The first-order valence-electron chi connectivity index (χ1n) is 8.33. The fourth-order valence-corrected chi connectivity index (χ4v) is 1.86. The van der Waals surface area contributed by atoms with Gasteiger partial charge in [-0.05, 0) is 55.4 Å². The van der Waals surface area contributed by atoms with Crippen molar-refractivity contribution in [1.29, 1.82) is 0 Å². The third-order valence-corrected chi connectivity index (χ3v) is 2.84. The van der Waals surface area contributed by atoms with Gasteiger partial charge in [0.15, 0.2) is 5.82 Å². The van der Waals surface area contributed by atoms with Crippen LogP contribution in [0.3, 0.4) is 0 Å². The quantitative estimate of drug-likeness (QED) is 0.644. The molecule has 1 aromatic heterocycles. The van der Waals surface area contributed by atoms with Crippen molar-refractivity contribution in [3.63, 3.8) is 0 Å². The van der Waals surface area contributed by atoms with E-state index in [9.17, 15) is 4.79 Å². The Hall–Kier alpha value is -2.25. The number of hydrogen-bond acceptors (Lipinski definition) is 7. The highest BCUT2D eigenvalue weighted by Crippen LogP contribution is 2.19. The number of nitrogen functional groups attached to an aromatic ring is 1. The number of amides is 1. The molecule has 0 aliphatic heterocycles. The maximum atomic E-state index is 11.9. The van der Waals surface area contributed by atoms with Gasteiger partial charge in [-0.1, -0.05) is 0 Å². The average molecular weight is 352 g/mol. The molecular formula is C17H32N6O2. The summed E-state index contributed by atoms with van der Waals surface area (Å²) in [5.74, 6) is 1.00. The van der Waals surface area contributed by atoms with E-state index < -0.39 is 17.2 Å². The number of alkyl carbamates (subject to hydrolysis) is 1. The Morgan fingerprint density at radius 3 is 2.28 bits per heavy atom. The lowest BCUT2D eigenvalue weighted by molar-refractivity contribution is 0.0478. The zero-order valence-electron chi connectivity index (χ0n) is 16.6. The Morgan fingerprint density at radius 2 is 1.76 bits per heavy atom. The SMILES string of the molecule is CC(C)(C)Nc1ncc(N)c(NCC(C)(C)NC(=O)OC(C)(C)C)n1. The molecule has 142 valence electrons. The van der Waals surface area contributed by atoms with Crippen molar-refractivity contribution in [2.75, 3.05) is 22.9 Å². The van der Waals surface area contributed by atoms with E-state index in [0.29, 0.717) is 24.0 Å². The highest BCUT2D eigenvalue weighted by Gasteiger charge is 2.25. The third-order valence-electron chi connectivity index (χ3n) is 2.84. The number of carbonyl (C=O) groups excluding carboxylic acids is 1. The van der Waals surface area contributed by atoms with Crippen LogP contribution in [0.4, 0.5) is 22.2 Å². The molecule has 25 heavy (non-hydrogen) atoms. The van der Waals surface area contributed by atoms with Crippen LogP contribution in [0.25, 0.3) is 0 Å². The maximum Gasteiger partial charge on any atom is 0.408 e. The van der Waals surface area contributed by atoms with E-state index >= 15 is 0 Å². The first-order chi connectivity index (χ1) is 11.2. The van der Waals surface area contributed by atoms with Crippen LogP contribution in [0.2, 0.25) is 0 Å². The molecule has 8 nitrogen and oxygen atoms in total. The van der Waals surface area contributed by atoms with E-state index in [1.165, 1.54) is 0 Å². The highest BCUT2D eigenvalue weighted by molar-refractivity contribution is 5.69. The number of nitrogens with zero attached hydrogens (tertiary/aromatic N) is 2. The minimum absolute atomic E-state index is 0.162. The molecule has 0 aromatic carbocycles. The number of nitrogens with one attached hydrogen (secondary N) is 3. The molecule has 5 N–H and O–H groups in total. The van der Waals surface area contributed by atoms with Gasteiger partial charge >= 0.3 is 6.09 Å². The smallest absolute Gasteiger partial charge is 0.408 e. The van der Waals surface area contributed by atoms with Crippen molar-refractivity contribution in [1.82, 2.24) is 15.3 Å². The van der Waals surface area contributed by atoms with Crippen LogP contribution in [-0.4, -0.2) is 39.3 Å². The van der Waals surface area contributed by atoms with E-state index in [1.54, 1.807) is 6.20 Å². The van der Waals surface area contributed by atoms with Gasteiger partial charge in [0.2, 0.25) is 5.95 Å². The molecule has 0 aliphatic carbocycles. The van der Waals surface area contributed by atoms with Crippen LogP contribution < -0.4 is 21.7 Å². The van der Waals surface area contributed by atoms with Gasteiger partial charge in [0.25, 0.3) is 0 Å². The number of aromatic nitrogens is 2. The van der Waals surface area contributed by atoms with Crippen molar-refractivity contribution >= 4 is 23.5 Å². The minimum atomic E-state index is -0.558. The summed E-state index contributed by atoms with van der Waals surface area (Å²) in [4.78, 5) is 20.5. The summed E-state index contributed by atoms with van der Waals surface area (Å²) in [6.07, 6.45) is 1.09. The lowest BCUT2D eigenvalue weighted by Crippen LogP contribution is -2.50. The third kappa shape index (κ3) is 8.42. The molecule has 8 heteroatoms. The van der Waals surface area contributed by atoms with Crippen LogP contribution in [0.15, 0.2) is 6.20 Å². The summed E-state index contributed by atoms with van der Waals surface area (Å²) in [6, 6.07) is 0. The molecule has 0 saturated heterocycles. The van der Waals surface area contributed by atoms with Crippen molar-refractivity contribution in [3.8, 4) is 0 Å². The molecule has 1 heterocycles. The van der Waals surface area contributed by atoms with Crippen LogP contribution in [0, 0.1) is 0 Å². The van der Waals surface area contributed by atoms with Crippen molar-refractivity contribution in [2.24, 2.45) is 0 Å². The Balaban J connectivity index is 2.72. The lowest BCUT2D eigenvalue weighted by atomic mass is 10.1. The average Bonchev–Trinajstić information content (AvgIpc) is 2.34. The number of nitrogens with two attached hydrogens (primary N) is 1. The predicted octanol–water partition coefficient (Wildman–Crippen LogP) is 2.98. The van der Waals surface area contributed by atoms with Gasteiger partial charge in [0, 0.05) is 12.1 Å². The number of hydrogen-bond donors (Lipinski definition) is 4. The van der Waals surface area contributed by atoms with Crippen molar-refractivity contribution in [2.45, 2.75) is 72.1 Å². The van der Waals surface area contributed by atoms with Gasteiger partial charge in [-0.2, -0.15) is 4.98 Å². The fraction of sp³-hybridized carbons (Fsp3) is 0.706. The Morgan fingerprint density at radius 1 is 1.16 bits per heavy atom. The Kier molecular flexibility index (Phi) is 6.09. The van der Waals surface area contributed by atoms with Gasteiger partial charge < -0.3 is 26.4 Å². The number of anilines is 3. The summed E-state index contributed by atoms with van der Waals surface area (Å²) in [7, 11) is 0. The highest BCUT2D eigenvalue weighted by atomic mass is 16.6. The molecule has 0 spiro atoms. The second-order valence-corrected chi connectivity index (χ2v) is 8.74. The molecule has 0 fully saturated rings. The first-order valence-corrected chi connectivity index (χ1v) is 8.33. The van der Waals surface area contributed by atoms with Gasteiger partial charge in [-0.3, -0.25) is 0 Å². The summed E-state index contributed by atoms with van der Waals surface area (Å²) in [6.45, 7) is 15.7. The molecule has 0 bridgehead atoms. The zero-order chi connectivity index (χ0) is 19.5. The monoisotopic (exact) mass is 352 g/mol. The molecule has 1 rings (SSSR count). The van der Waals surface area contributed by atoms with Crippen LogP contribution in [0.5, 0.6) is 0 Å². The molecule has 1 aromatic rings. The number of ether oxygens (including phenoxy) is 1. The van der Waals surface area contributed by atoms with E-state index in [1.807, 2.05) is 55.4 Å². The van der Waals surface area contributed by atoms with Crippen molar-refractivity contribution in [3.05, 3.63) is 6.20 Å². The number of carbonyl (C=O) groups is 1. The van der Waals surface area contributed by atoms with Gasteiger partial charge in [0.1, 0.15) is 5.60 Å². The molecule has 0 saturated carbocycles.